The van der Waals surface area contributed by atoms with Crippen molar-refractivity contribution in [3.63, 3.8) is 0 Å². The van der Waals surface area contributed by atoms with E-state index in [0.29, 0.717) is 0 Å². The summed E-state index contributed by atoms with van der Waals surface area (Å²) in [4.78, 5) is 10.1. The van der Waals surface area contributed by atoms with Gasteiger partial charge in [0, 0.05) is 0 Å². The van der Waals surface area contributed by atoms with Crippen LogP contribution in [0.15, 0.2) is 91.0 Å². The van der Waals surface area contributed by atoms with Crippen molar-refractivity contribution in [1.82, 2.24) is 0 Å². The predicted octanol–water partition coefficient (Wildman–Crippen LogP) is -0.630. The Balaban J connectivity index is 0.000000235. The van der Waals surface area contributed by atoms with E-state index >= 15 is 0 Å². The van der Waals surface area contributed by atoms with E-state index in [0.717, 1.165) is 8.58 Å². The van der Waals surface area contributed by atoms with Crippen molar-refractivity contribution in [3.8, 4) is 0 Å². The molecule has 0 aliphatic carbocycles. The summed E-state index contributed by atoms with van der Waals surface area (Å²) in [5.74, 6) is -1.13. The van der Waals surface area contributed by atoms with Crippen molar-refractivity contribution in [1.29, 1.82) is 0 Å². The number of rotatable bonds is 3. The number of carboxylic acid groups (broad SMARTS) is 1. The van der Waals surface area contributed by atoms with E-state index in [4.69, 9.17) is 0 Å². The SMILES string of the molecule is O=C([O-])c1ccccc1.[K+].c1ccc(Pc2ccccc2)cc1. The summed E-state index contributed by atoms with van der Waals surface area (Å²) in [6, 6.07) is 29.2. The van der Waals surface area contributed by atoms with Gasteiger partial charge in [-0.3, -0.25) is 0 Å². The fourth-order valence-corrected chi connectivity index (χ4v) is 2.84. The third-order valence-corrected chi connectivity index (χ3v) is 4.09. The Labute approximate surface area is 181 Å². The van der Waals surface area contributed by atoms with Crippen LogP contribution in [0.2, 0.25) is 0 Å². The standard InChI is InChI=1S/C12H11P.C7H6O2.K/c1-3-7-11(8-4-1)13-12-9-5-2-6-10-12;8-7(9)6-4-2-1-3-5-6;/h1-10,13H;1-5H,(H,8,9);/q;;+1/p-1. The molecule has 0 aliphatic heterocycles. The largest absolute Gasteiger partial charge is 1.00 e. The number of hydrogen-bond acceptors (Lipinski definition) is 2. The molecule has 0 saturated carbocycles. The summed E-state index contributed by atoms with van der Waals surface area (Å²) in [6.07, 6.45) is 0. The third kappa shape index (κ3) is 8.03. The van der Waals surface area contributed by atoms with Crippen molar-refractivity contribution in [3.05, 3.63) is 96.6 Å². The van der Waals surface area contributed by atoms with E-state index in [1.54, 1.807) is 18.2 Å². The van der Waals surface area contributed by atoms with Crippen LogP contribution in [0.5, 0.6) is 0 Å². The second kappa shape index (κ2) is 11.7. The third-order valence-electron chi connectivity index (χ3n) is 2.85. The monoisotopic (exact) mass is 346 g/mol. The molecular formula is C19H16KO2P. The molecule has 0 radical (unpaired) electrons. The second-order valence-electron chi connectivity index (χ2n) is 4.51. The summed E-state index contributed by atoms with van der Waals surface area (Å²) < 4.78 is 0. The molecule has 0 saturated heterocycles. The van der Waals surface area contributed by atoms with Gasteiger partial charge in [0.2, 0.25) is 0 Å². The molecule has 0 spiro atoms. The van der Waals surface area contributed by atoms with Gasteiger partial charge < -0.3 is 9.90 Å². The molecule has 0 unspecified atom stereocenters. The molecule has 23 heavy (non-hydrogen) atoms. The number of benzene rings is 3. The van der Waals surface area contributed by atoms with Crippen LogP contribution in [0, 0.1) is 0 Å². The predicted molar refractivity (Wildman–Crippen MR) is 91.2 cm³/mol. The number of carboxylic acids is 1. The number of aromatic carboxylic acids is 1. The Morgan fingerprint density at radius 1 is 0.652 bits per heavy atom. The maximum Gasteiger partial charge on any atom is 1.00 e. The molecule has 0 aliphatic rings. The molecule has 0 atom stereocenters. The molecule has 3 rings (SSSR count). The average molecular weight is 346 g/mol. The summed E-state index contributed by atoms with van der Waals surface area (Å²) in [6.45, 7) is 0. The van der Waals surface area contributed by atoms with E-state index in [1.807, 2.05) is 0 Å². The zero-order valence-corrected chi connectivity index (χ0v) is 17.1. The molecule has 4 heteroatoms. The maximum absolute atomic E-state index is 10.1. The molecule has 0 heterocycles. The molecule has 110 valence electrons. The van der Waals surface area contributed by atoms with Crippen LogP contribution < -0.4 is 67.1 Å². The first kappa shape index (κ1) is 20.2. The first-order valence-electron chi connectivity index (χ1n) is 6.89. The number of carbonyl (C=O) groups excluding carboxylic acids is 1. The van der Waals surface area contributed by atoms with Crippen LogP contribution in [0.4, 0.5) is 0 Å². The van der Waals surface area contributed by atoms with E-state index in [9.17, 15) is 9.90 Å². The van der Waals surface area contributed by atoms with Crippen molar-refractivity contribution >= 4 is 25.2 Å². The smallest absolute Gasteiger partial charge is 0.545 e. The molecule has 0 amide bonds. The van der Waals surface area contributed by atoms with Gasteiger partial charge in [-0.15, -0.1) is 0 Å². The second-order valence-corrected chi connectivity index (χ2v) is 5.92. The number of hydrogen-bond donors (Lipinski definition) is 0. The summed E-state index contributed by atoms with van der Waals surface area (Å²) in [7, 11) is 0.777. The van der Waals surface area contributed by atoms with Crippen molar-refractivity contribution < 1.29 is 61.3 Å². The Morgan fingerprint density at radius 3 is 1.30 bits per heavy atom. The van der Waals surface area contributed by atoms with Gasteiger partial charge in [0.15, 0.2) is 0 Å². The minimum absolute atomic E-state index is 0. The van der Waals surface area contributed by atoms with Crippen LogP contribution in [0.1, 0.15) is 10.4 Å². The summed E-state index contributed by atoms with van der Waals surface area (Å²) >= 11 is 0. The van der Waals surface area contributed by atoms with Gasteiger partial charge >= 0.3 is 51.4 Å². The summed E-state index contributed by atoms with van der Waals surface area (Å²) in [5, 5.41) is 12.9. The fraction of sp³-hybridized carbons (Fsp3) is 0. The van der Waals surface area contributed by atoms with Crippen molar-refractivity contribution in [2.24, 2.45) is 0 Å². The van der Waals surface area contributed by atoms with Crippen LogP contribution in [-0.4, -0.2) is 5.97 Å². The van der Waals surface area contributed by atoms with Crippen LogP contribution in [-0.2, 0) is 0 Å². The van der Waals surface area contributed by atoms with Gasteiger partial charge in [-0.05, 0) is 16.2 Å². The van der Waals surface area contributed by atoms with E-state index in [-0.39, 0.29) is 56.9 Å². The topological polar surface area (TPSA) is 40.1 Å². The van der Waals surface area contributed by atoms with E-state index < -0.39 is 5.97 Å². The van der Waals surface area contributed by atoms with Crippen LogP contribution in [0.3, 0.4) is 0 Å². The van der Waals surface area contributed by atoms with Gasteiger partial charge in [0.05, 0.1) is 5.97 Å². The first-order chi connectivity index (χ1) is 10.8. The van der Waals surface area contributed by atoms with Crippen molar-refractivity contribution in [2.75, 3.05) is 0 Å². The molecule has 0 bridgehead atoms. The van der Waals surface area contributed by atoms with Gasteiger partial charge in [-0.25, -0.2) is 0 Å². The maximum atomic E-state index is 10.1. The van der Waals surface area contributed by atoms with Crippen molar-refractivity contribution in [2.45, 2.75) is 0 Å². The molecule has 3 aromatic rings. The van der Waals surface area contributed by atoms with E-state index in [2.05, 4.69) is 60.7 Å². The van der Waals surface area contributed by atoms with Gasteiger partial charge in [-0.1, -0.05) is 99.6 Å². The average Bonchev–Trinajstić information content (AvgIpc) is 2.58. The Kier molecular flexibility index (Phi) is 10.3. The van der Waals surface area contributed by atoms with Gasteiger partial charge in [0.1, 0.15) is 0 Å². The normalized spacial score (nSPS) is 9.04. The van der Waals surface area contributed by atoms with Crippen LogP contribution >= 0.6 is 8.58 Å². The first-order valence-corrected chi connectivity index (χ1v) is 7.89. The summed E-state index contributed by atoms with van der Waals surface area (Å²) in [5.41, 5.74) is 0.220. The zero-order valence-electron chi connectivity index (χ0n) is 13.0. The van der Waals surface area contributed by atoms with Crippen LogP contribution in [0.25, 0.3) is 0 Å². The Morgan fingerprint density at radius 2 is 1.00 bits per heavy atom. The molecule has 3 aromatic carbocycles. The molecular weight excluding hydrogens is 330 g/mol. The quantitative estimate of drug-likeness (QED) is 0.468. The van der Waals surface area contributed by atoms with E-state index in [1.165, 1.54) is 22.7 Å². The number of carbonyl (C=O) groups is 1. The molecule has 2 nitrogen and oxygen atoms in total. The zero-order chi connectivity index (χ0) is 15.6. The Bertz CT molecular complexity index is 651. The molecule has 0 fully saturated rings. The van der Waals surface area contributed by atoms with Gasteiger partial charge in [0.25, 0.3) is 0 Å². The minimum Gasteiger partial charge on any atom is -0.545 e. The fourth-order valence-electron chi connectivity index (χ4n) is 1.78. The molecule has 0 N–H and O–H groups in total. The Hall–Kier alpha value is -0.804. The van der Waals surface area contributed by atoms with Gasteiger partial charge in [-0.2, -0.15) is 0 Å². The molecule has 0 aromatic heterocycles. The minimum atomic E-state index is -1.13.